The van der Waals surface area contributed by atoms with Gasteiger partial charge < -0.3 is 21.5 Å². The first-order chi connectivity index (χ1) is 9.85. The number of rotatable bonds is 7. The lowest BCUT2D eigenvalue weighted by Crippen LogP contribution is -2.33. The summed E-state index contributed by atoms with van der Waals surface area (Å²) in [7, 11) is 0. The van der Waals surface area contributed by atoms with Gasteiger partial charge in [-0.2, -0.15) is 0 Å². The monoisotopic (exact) mass is 297 g/mol. The van der Waals surface area contributed by atoms with Gasteiger partial charge in [0, 0.05) is 19.0 Å². The Labute approximate surface area is 122 Å². The number of carbonyl (C=O) groups excluding carboxylic acids is 1. The molecule has 0 saturated carbocycles. The molecule has 116 valence electrons. The molecule has 1 rings (SSSR count). The summed E-state index contributed by atoms with van der Waals surface area (Å²) in [5, 5.41) is 14.4. The number of carboxylic acids is 1. The molecule has 1 unspecified atom stereocenters. The van der Waals surface area contributed by atoms with Crippen molar-refractivity contribution in [1.82, 2.24) is 5.32 Å². The van der Waals surface area contributed by atoms with E-state index in [0.29, 0.717) is 0 Å². The molecule has 1 aromatic rings. The molecule has 7 heteroatoms. The second kappa shape index (κ2) is 7.47. The summed E-state index contributed by atoms with van der Waals surface area (Å²) >= 11 is 0. The van der Waals surface area contributed by atoms with Gasteiger partial charge in [0.1, 0.15) is 5.82 Å². The van der Waals surface area contributed by atoms with Crippen LogP contribution in [0.1, 0.15) is 37.0 Å². The van der Waals surface area contributed by atoms with Crippen molar-refractivity contribution in [2.75, 3.05) is 17.6 Å². The van der Waals surface area contributed by atoms with Crippen LogP contribution in [0.5, 0.6) is 0 Å². The van der Waals surface area contributed by atoms with Crippen molar-refractivity contribution in [3.8, 4) is 0 Å². The molecular weight excluding hydrogens is 277 g/mol. The molecule has 0 aromatic heterocycles. The van der Waals surface area contributed by atoms with E-state index in [9.17, 15) is 14.0 Å². The van der Waals surface area contributed by atoms with E-state index in [-0.39, 0.29) is 36.3 Å². The summed E-state index contributed by atoms with van der Waals surface area (Å²) in [5.41, 5.74) is 5.57. The maximum atomic E-state index is 13.5. The third kappa shape index (κ3) is 4.94. The number of carbonyl (C=O) groups is 2. The van der Waals surface area contributed by atoms with Crippen LogP contribution in [-0.2, 0) is 4.79 Å². The number of hydrogen-bond donors (Lipinski definition) is 4. The molecule has 0 radical (unpaired) electrons. The fourth-order valence-electron chi connectivity index (χ4n) is 1.67. The van der Waals surface area contributed by atoms with Crippen molar-refractivity contribution in [2.45, 2.75) is 32.7 Å². The summed E-state index contributed by atoms with van der Waals surface area (Å²) in [6.07, 6.45) is 1.06. The lowest BCUT2D eigenvalue weighted by Gasteiger charge is -2.13. The number of aromatic carboxylic acids is 1. The SMILES string of the molecule is CCC(C)NC(=O)CCNc1cc(F)c(C(=O)O)cc1N. The molecule has 0 aliphatic carbocycles. The van der Waals surface area contributed by atoms with Gasteiger partial charge in [0.05, 0.1) is 16.9 Å². The van der Waals surface area contributed by atoms with Crippen LogP contribution in [0.4, 0.5) is 15.8 Å². The Bertz CT molecular complexity index is 534. The van der Waals surface area contributed by atoms with Gasteiger partial charge >= 0.3 is 5.97 Å². The third-order valence-corrected chi connectivity index (χ3v) is 3.06. The van der Waals surface area contributed by atoms with Crippen LogP contribution >= 0.6 is 0 Å². The number of nitrogens with two attached hydrogens (primary N) is 1. The van der Waals surface area contributed by atoms with E-state index in [0.717, 1.165) is 18.6 Å². The standard InChI is InChI=1S/C14H20FN3O3/c1-3-8(2)18-13(19)4-5-17-12-7-10(15)9(14(20)21)6-11(12)16/h6-8,17H,3-5,16H2,1-2H3,(H,18,19)(H,20,21). The molecule has 1 amide bonds. The maximum absolute atomic E-state index is 13.5. The second-order valence-electron chi connectivity index (χ2n) is 4.78. The summed E-state index contributed by atoms with van der Waals surface area (Å²) in [6.45, 7) is 4.15. The molecule has 0 fully saturated rings. The van der Waals surface area contributed by atoms with Gasteiger partial charge in [-0.25, -0.2) is 9.18 Å². The van der Waals surface area contributed by atoms with E-state index >= 15 is 0 Å². The molecule has 6 nitrogen and oxygen atoms in total. The van der Waals surface area contributed by atoms with Gasteiger partial charge in [-0.1, -0.05) is 6.92 Å². The average molecular weight is 297 g/mol. The largest absolute Gasteiger partial charge is 0.478 e. The van der Waals surface area contributed by atoms with Crippen LogP contribution in [0.15, 0.2) is 12.1 Å². The first-order valence-corrected chi connectivity index (χ1v) is 6.70. The lowest BCUT2D eigenvalue weighted by atomic mass is 10.1. The van der Waals surface area contributed by atoms with Gasteiger partial charge in [-0.3, -0.25) is 4.79 Å². The topological polar surface area (TPSA) is 104 Å². The molecule has 1 aromatic carbocycles. The predicted molar refractivity (Wildman–Crippen MR) is 78.8 cm³/mol. The van der Waals surface area contributed by atoms with E-state index in [1.807, 2.05) is 13.8 Å². The smallest absolute Gasteiger partial charge is 0.338 e. The van der Waals surface area contributed by atoms with Gasteiger partial charge in [-0.15, -0.1) is 0 Å². The van der Waals surface area contributed by atoms with Gasteiger partial charge in [-0.05, 0) is 25.5 Å². The molecule has 0 heterocycles. The molecule has 0 aliphatic rings. The zero-order valence-corrected chi connectivity index (χ0v) is 12.1. The molecular formula is C14H20FN3O3. The van der Waals surface area contributed by atoms with Gasteiger partial charge in [0.25, 0.3) is 0 Å². The van der Waals surface area contributed by atoms with E-state index in [1.54, 1.807) is 0 Å². The van der Waals surface area contributed by atoms with Crippen molar-refractivity contribution in [3.63, 3.8) is 0 Å². The Hall–Kier alpha value is -2.31. The molecule has 0 aliphatic heterocycles. The van der Waals surface area contributed by atoms with Crippen molar-refractivity contribution in [1.29, 1.82) is 0 Å². The van der Waals surface area contributed by atoms with E-state index in [1.165, 1.54) is 0 Å². The Kier molecular flexibility index (Phi) is 5.95. The minimum atomic E-state index is -1.38. The molecule has 0 bridgehead atoms. The molecule has 1 atom stereocenters. The number of amides is 1. The lowest BCUT2D eigenvalue weighted by molar-refractivity contribution is -0.121. The van der Waals surface area contributed by atoms with Crippen LogP contribution in [0.3, 0.4) is 0 Å². The second-order valence-corrected chi connectivity index (χ2v) is 4.78. The van der Waals surface area contributed by atoms with Crippen molar-refractivity contribution >= 4 is 23.3 Å². The highest BCUT2D eigenvalue weighted by Crippen LogP contribution is 2.23. The van der Waals surface area contributed by atoms with Crippen LogP contribution in [0.2, 0.25) is 0 Å². The van der Waals surface area contributed by atoms with Crippen LogP contribution in [0.25, 0.3) is 0 Å². The number of carboxylic acid groups (broad SMARTS) is 1. The Morgan fingerprint density at radius 3 is 2.67 bits per heavy atom. The molecule has 5 N–H and O–H groups in total. The highest BCUT2D eigenvalue weighted by atomic mass is 19.1. The number of hydrogen-bond acceptors (Lipinski definition) is 4. The minimum absolute atomic E-state index is 0.106. The Morgan fingerprint density at radius 2 is 2.10 bits per heavy atom. The van der Waals surface area contributed by atoms with Crippen molar-refractivity contribution in [3.05, 3.63) is 23.5 Å². The van der Waals surface area contributed by atoms with Crippen molar-refractivity contribution < 1.29 is 19.1 Å². The molecule has 0 saturated heterocycles. The fourth-order valence-corrected chi connectivity index (χ4v) is 1.67. The van der Waals surface area contributed by atoms with Gasteiger partial charge in [0.15, 0.2) is 0 Å². The van der Waals surface area contributed by atoms with Crippen molar-refractivity contribution in [2.24, 2.45) is 0 Å². The fraction of sp³-hybridized carbons (Fsp3) is 0.429. The average Bonchev–Trinajstić information content (AvgIpc) is 2.41. The minimum Gasteiger partial charge on any atom is -0.478 e. The summed E-state index contributed by atoms with van der Waals surface area (Å²) < 4.78 is 13.5. The third-order valence-electron chi connectivity index (χ3n) is 3.06. The highest BCUT2D eigenvalue weighted by Gasteiger charge is 2.13. The zero-order valence-electron chi connectivity index (χ0n) is 12.1. The number of halogens is 1. The van der Waals surface area contributed by atoms with Crippen LogP contribution in [0, 0.1) is 5.82 Å². The van der Waals surface area contributed by atoms with Gasteiger partial charge in [0.2, 0.25) is 5.91 Å². The number of anilines is 2. The molecule has 0 spiro atoms. The zero-order chi connectivity index (χ0) is 16.0. The summed E-state index contributed by atoms with van der Waals surface area (Å²) in [5.74, 6) is -2.36. The van der Waals surface area contributed by atoms with E-state index in [2.05, 4.69) is 10.6 Å². The Balaban J connectivity index is 2.58. The quantitative estimate of drug-likeness (QED) is 0.575. The first-order valence-electron chi connectivity index (χ1n) is 6.70. The first kappa shape index (κ1) is 16.7. The summed E-state index contributed by atoms with van der Waals surface area (Å²) in [4.78, 5) is 22.3. The van der Waals surface area contributed by atoms with E-state index < -0.39 is 17.3 Å². The number of nitrogens with one attached hydrogen (secondary N) is 2. The number of nitrogen functional groups attached to an aromatic ring is 1. The maximum Gasteiger partial charge on any atom is 0.338 e. The highest BCUT2D eigenvalue weighted by molar-refractivity contribution is 5.90. The van der Waals surface area contributed by atoms with E-state index in [4.69, 9.17) is 10.8 Å². The predicted octanol–water partition coefficient (Wildman–Crippen LogP) is 1.82. The van der Waals surface area contributed by atoms with Crippen LogP contribution < -0.4 is 16.4 Å². The Morgan fingerprint density at radius 1 is 1.43 bits per heavy atom. The van der Waals surface area contributed by atoms with Crippen LogP contribution in [-0.4, -0.2) is 29.6 Å². The summed E-state index contributed by atoms with van der Waals surface area (Å²) in [6, 6.07) is 2.18. The normalized spacial score (nSPS) is 11.8. The number of benzene rings is 1. The molecule has 21 heavy (non-hydrogen) atoms.